The van der Waals surface area contributed by atoms with Crippen molar-refractivity contribution < 1.29 is 28.6 Å². The number of methoxy groups -OCH3 is 2. The molecule has 0 unspecified atom stereocenters. The van der Waals surface area contributed by atoms with E-state index in [1.807, 2.05) is 13.0 Å². The number of amides is 1. The van der Waals surface area contributed by atoms with Crippen LogP contribution in [0.25, 0.3) is 0 Å². The predicted octanol–water partition coefficient (Wildman–Crippen LogP) is 3.59. The largest absolute Gasteiger partial charge is 0.496 e. The van der Waals surface area contributed by atoms with E-state index < -0.39 is 17.8 Å². The number of carbonyl (C=O) groups is 3. The Labute approximate surface area is 161 Å². The van der Waals surface area contributed by atoms with Crippen LogP contribution in [-0.4, -0.2) is 38.7 Å². The first-order valence-corrected chi connectivity index (χ1v) is 9.01. The highest BCUT2D eigenvalue weighted by Gasteiger charge is 2.27. The van der Waals surface area contributed by atoms with Gasteiger partial charge < -0.3 is 19.5 Å². The predicted molar refractivity (Wildman–Crippen MR) is 102 cm³/mol. The fourth-order valence-electron chi connectivity index (χ4n) is 2.61. The maximum Gasteiger partial charge on any atom is 0.348 e. The molecule has 0 fully saturated rings. The fourth-order valence-corrected chi connectivity index (χ4v) is 3.72. The zero-order valence-corrected chi connectivity index (χ0v) is 16.6. The van der Waals surface area contributed by atoms with E-state index in [-0.39, 0.29) is 22.0 Å². The van der Waals surface area contributed by atoms with E-state index in [9.17, 15) is 14.4 Å². The lowest BCUT2D eigenvalue weighted by Crippen LogP contribution is -2.16. The number of esters is 2. The molecule has 144 valence electrons. The van der Waals surface area contributed by atoms with Gasteiger partial charge in [-0.25, -0.2) is 9.59 Å². The maximum absolute atomic E-state index is 12.8. The first-order chi connectivity index (χ1) is 12.8. The van der Waals surface area contributed by atoms with Crippen LogP contribution in [0.2, 0.25) is 0 Å². The highest BCUT2D eigenvalue weighted by molar-refractivity contribution is 7.18. The molecule has 1 heterocycles. The zero-order chi connectivity index (χ0) is 20.1. The van der Waals surface area contributed by atoms with Gasteiger partial charge in [0.15, 0.2) is 0 Å². The van der Waals surface area contributed by atoms with Gasteiger partial charge in [-0.15, -0.1) is 11.3 Å². The van der Waals surface area contributed by atoms with Crippen molar-refractivity contribution in [2.24, 2.45) is 0 Å². The van der Waals surface area contributed by atoms with Gasteiger partial charge in [0.2, 0.25) is 0 Å². The Balaban J connectivity index is 2.49. The molecule has 2 aromatic rings. The normalized spacial score (nSPS) is 10.3. The molecule has 0 radical (unpaired) electrons. The number of hydrogen-bond acceptors (Lipinski definition) is 7. The summed E-state index contributed by atoms with van der Waals surface area (Å²) in [6.45, 7) is 5.28. The van der Waals surface area contributed by atoms with Gasteiger partial charge in [0, 0.05) is 0 Å². The zero-order valence-electron chi connectivity index (χ0n) is 15.8. The van der Waals surface area contributed by atoms with E-state index in [4.69, 9.17) is 14.2 Å². The molecule has 27 heavy (non-hydrogen) atoms. The summed E-state index contributed by atoms with van der Waals surface area (Å²) in [5, 5.41) is 2.92. The molecular formula is C19H21NO6S. The van der Waals surface area contributed by atoms with Crippen LogP contribution in [0.5, 0.6) is 5.75 Å². The molecule has 1 N–H and O–H groups in total. The van der Waals surface area contributed by atoms with Gasteiger partial charge in [-0.1, -0.05) is 12.1 Å². The Kier molecular flexibility index (Phi) is 6.57. The summed E-state index contributed by atoms with van der Waals surface area (Å²) in [6.07, 6.45) is 0. The van der Waals surface area contributed by atoms with Crippen molar-refractivity contribution in [3.05, 3.63) is 45.3 Å². The number of carbonyl (C=O) groups excluding carboxylic acids is 3. The number of hydrogen-bond donors (Lipinski definition) is 1. The standard InChI is InChI=1S/C19H21NO6S/c1-6-26-18(22)13-11(3)15(19(23)25-5)27-17(13)20-16(21)12-9-7-8-10(2)14(12)24-4/h7-9H,6H2,1-5H3,(H,20,21). The monoisotopic (exact) mass is 391 g/mol. The minimum atomic E-state index is -0.618. The van der Waals surface area contributed by atoms with Crippen LogP contribution in [0.15, 0.2) is 18.2 Å². The first-order valence-electron chi connectivity index (χ1n) is 8.19. The Morgan fingerprint density at radius 2 is 1.81 bits per heavy atom. The van der Waals surface area contributed by atoms with Crippen LogP contribution >= 0.6 is 11.3 Å². The molecule has 0 aliphatic rings. The number of ether oxygens (including phenoxy) is 3. The number of anilines is 1. The maximum atomic E-state index is 12.8. The van der Waals surface area contributed by atoms with Crippen molar-refractivity contribution >= 4 is 34.2 Å². The van der Waals surface area contributed by atoms with E-state index >= 15 is 0 Å². The molecule has 1 aromatic heterocycles. The third-order valence-electron chi connectivity index (χ3n) is 3.88. The van der Waals surface area contributed by atoms with Crippen molar-refractivity contribution in [1.29, 1.82) is 0 Å². The second kappa shape index (κ2) is 8.68. The van der Waals surface area contributed by atoms with Gasteiger partial charge in [-0.3, -0.25) is 4.79 Å². The third kappa shape index (κ3) is 4.11. The smallest absolute Gasteiger partial charge is 0.348 e. The Morgan fingerprint density at radius 3 is 2.41 bits per heavy atom. The molecule has 0 bridgehead atoms. The minimum absolute atomic E-state index is 0.141. The van der Waals surface area contributed by atoms with Gasteiger partial charge in [0.05, 0.1) is 32.0 Å². The molecule has 0 atom stereocenters. The van der Waals surface area contributed by atoms with Crippen LogP contribution in [0.4, 0.5) is 5.00 Å². The second-order valence-electron chi connectivity index (χ2n) is 5.58. The van der Waals surface area contributed by atoms with Crippen LogP contribution in [0, 0.1) is 13.8 Å². The summed E-state index contributed by atoms with van der Waals surface area (Å²) in [4.78, 5) is 37.4. The quantitative estimate of drug-likeness (QED) is 0.757. The number of nitrogens with one attached hydrogen (secondary N) is 1. The molecule has 1 amide bonds. The topological polar surface area (TPSA) is 90.9 Å². The molecule has 2 rings (SSSR count). The second-order valence-corrected chi connectivity index (χ2v) is 6.60. The summed E-state index contributed by atoms with van der Waals surface area (Å²) in [7, 11) is 2.73. The lowest BCUT2D eigenvalue weighted by atomic mass is 10.1. The molecule has 1 aromatic carbocycles. The van der Waals surface area contributed by atoms with Crippen molar-refractivity contribution in [3.8, 4) is 5.75 Å². The van der Waals surface area contributed by atoms with Gasteiger partial charge in [-0.05, 0) is 38.0 Å². The molecule has 0 saturated carbocycles. The van der Waals surface area contributed by atoms with Crippen LogP contribution in [-0.2, 0) is 9.47 Å². The number of para-hydroxylation sites is 1. The van der Waals surface area contributed by atoms with Gasteiger partial charge in [-0.2, -0.15) is 0 Å². The van der Waals surface area contributed by atoms with Gasteiger partial charge in [0.1, 0.15) is 15.6 Å². The first kappa shape index (κ1) is 20.4. The Morgan fingerprint density at radius 1 is 1.11 bits per heavy atom. The fraction of sp³-hybridized carbons (Fsp3) is 0.316. The van der Waals surface area contributed by atoms with E-state index in [0.717, 1.165) is 16.9 Å². The highest BCUT2D eigenvalue weighted by Crippen LogP contribution is 2.35. The number of aryl methyl sites for hydroxylation is 1. The van der Waals surface area contributed by atoms with E-state index in [1.165, 1.54) is 14.2 Å². The van der Waals surface area contributed by atoms with Crippen LogP contribution < -0.4 is 10.1 Å². The average molecular weight is 391 g/mol. The number of rotatable bonds is 6. The summed E-state index contributed by atoms with van der Waals surface area (Å²) in [5.41, 5.74) is 1.66. The van der Waals surface area contributed by atoms with Gasteiger partial charge >= 0.3 is 11.9 Å². The van der Waals surface area contributed by atoms with E-state index in [0.29, 0.717) is 16.9 Å². The lowest BCUT2D eigenvalue weighted by molar-refractivity contribution is 0.0527. The number of benzene rings is 1. The molecular weight excluding hydrogens is 370 g/mol. The van der Waals surface area contributed by atoms with Crippen molar-refractivity contribution in [2.75, 3.05) is 26.1 Å². The molecule has 0 spiro atoms. The highest BCUT2D eigenvalue weighted by atomic mass is 32.1. The summed E-state index contributed by atoms with van der Waals surface area (Å²) in [6, 6.07) is 5.18. The molecule has 0 saturated heterocycles. The minimum Gasteiger partial charge on any atom is -0.496 e. The lowest BCUT2D eigenvalue weighted by Gasteiger charge is -2.11. The third-order valence-corrected chi connectivity index (χ3v) is 5.07. The summed E-state index contributed by atoms with van der Waals surface area (Å²) >= 11 is 0.966. The molecule has 7 nitrogen and oxygen atoms in total. The Hall–Kier alpha value is -2.87. The van der Waals surface area contributed by atoms with E-state index in [1.54, 1.807) is 26.0 Å². The van der Waals surface area contributed by atoms with Crippen LogP contribution in [0.3, 0.4) is 0 Å². The summed E-state index contributed by atoms with van der Waals surface area (Å²) in [5.74, 6) is -1.22. The average Bonchev–Trinajstić information content (AvgIpc) is 2.96. The molecule has 0 aliphatic heterocycles. The molecule has 8 heteroatoms. The van der Waals surface area contributed by atoms with Gasteiger partial charge in [0.25, 0.3) is 5.91 Å². The Bertz CT molecular complexity index is 887. The van der Waals surface area contributed by atoms with E-state index in [2.05, 4.69) is 5.32 Å². The SMILES string of the molecule is CCOC(=O)c1c(NC(=O)c2cccc(C)c2OC)sc(C(=O)OC)c1C. The number of thiophene rings is 1. The summed E-state index contributed by atoms with van der Waals surface area (Å²) < 4.78 is 15.1. The molecule has 0 aliphatic carbocycles. The van der Waals surface area contributed by atoms with Crippen molar-refractivity contribution in [3.63, 3.8) is 0 Å². The van der Waals surface area contributed by atoms with Crippen LogP contribution in [0.1, 0.15) is 48.4 Å². The van der Waals surface area contributed by atoms with Crippen molar-refractivity contribution in [1.82, 2.24) is 0 Å². The van der Waals surface area contributed by atoms with Crippen molar-refractivity contribution in [2.45, 2.75) is 20.8 Å².